The SMILES string of the molecule is Cc1noc(CCC(=O)NCC(C)(C)N2CCCCC2)n1. The van der Waals surface area contributed by atoms with Crippen LogP contribution in [0, 0.1) is 6.92 Å². The number of piperidine rings is 1. The van der Waals surface area contributed by atoms with E-state index >= 15 is 0 Å². The summed E-state index contributed by atoms with van der Waals surface area (Å²) in [5.41, 5.74) is 0.0111. The van der Waals surface area contributed by atoms with Gasteiger partial charge in [0.2, 0.25) is 11.8 Å². The molecular weight excluding hydrogens is 268 g/mol. The minimum absolute atomic E-state index is 0.0111. The average molecular weight is 294 g/mol. The average Bonchev–Trinajstić information content (AvgIpc) is 2.90. The summed E-state index contributed by atoms with van der Waals surface area (Å²) in [5.74, 6) is 1.17. The van der Waals surface area contributed by atoms with E-state index in [1.165, 1.54) is 19.3 Å². The van der Waals surface area contributed by atoms with Crippen LogP contribution in [0.2, 0.25) is 0 Å². The third kappa shape index (κ3) is 4.81. The van der Waals surface area contributed by atoms with E-state index in [2.05, 4.69) is 34.2 Å². The Morgan fingerprint density at radius 3 is 2.67 bits per heavy atom. The third-order valence-corrected chi connectivity index (χ3v) is 4.07. The molecule has 118 valence electrons. The first-order valence-corrected chi connectivity index (χ1v) is 7.78. The van der Waals surface area contributed by atoms with E-state index in [4.69, 9.17) is 4.52 Å². The molecular formula is C15H26N4O2. The van der Waals surface area contributed by atoms with Crippen LogP contribution in [0.4, 0.5) is 0 Å². The van der Waals surface area contributed by atoms with Crippen molar-refractivity contribution in [1.82, 2.24) is 20.4 Å². The lowest BCUT2D eigenvalue weighted by Gasteiger charge is -2.41. The van der Waals surface area contributed by atoms with Gasteiger partial charge >= 0.3 is 0 Å². The van der Waals surface area contributed by atoms with Crippen molar-refractivity contribution in [2.45, 2.75) is 58.4 Å². The molecule has 0 aliphatic carbocycles. The zero-order valence-corrected chi connectivity index (χ0v) is 13.3. The number of carbonyl (C=O) groups excluding carboxylic acids is 1. The molecule has 21 heavy (non-hydrogen) atoms. The highest BCUT2D eigenvalue weighted by molar-refractivity contribution is 5.76. The first-order chi connectivity index (χ1) is 9.97. The van der Waals surface area contributed by atoms with Crippen molar-refractivity contribution in [2.24, 2.45) is 0 Å². The molecule has 1 aromatic rings. The monoisotopic (exact) mass is 294 g/mol. The topological polar surface area (TPSA) is 71.3 Å². The maximum Gasteiger partial charge on any atom is 0.227 e. The van der Waals surface area contributed by atoms with Crippen LogP contribution in [-0.2, 0) is 11.2 Å². The Kier molecular flexibility index (Phi) is 5.33. The molecule has 0 unspecified atom stereocenters. The van der Waals surface area contributed by atoms with Gasteiger partial charge in [0.1, 0.15) is 0 Å². The molecule has 0 saturated carbocycles. The molecule has 2 rings (SSSR count). The Labute approximate surface area is 126 Å². The minimum Gasteiger partial charge on any atom is -0.354 e. The van der Waals surface area contributed by atoms with Gasteiger partial charge < -0.3 is 9.84 Å². The van der Waals surface area contributed by atoms with Crippen LogP contribution in [0.15, 0.2) is 4.52 Å². The number of rotatable bonds is 6. The number of aromatic nitrogens is 2. The maximum absolute atomic E-state index is 11.9. The Morgan fingerprint density at radius 1 is 1.33 bits per heavy atom. The van der Waals surface area contributed by atoms with Gasteiger partial charge in [-0.05, 0) is 46.7 Å². The number of hydrogen-bond acceptors (Lipinski definition) is 5. The molecule has 1 amide bonds. The van der Waals surface area contributed by atoms with Crippen LogP contribution in [0.3, 0.4) is 0 Å². The molecule has 1 saturated heterocycles. The summed E-state index contributed by atoms with van der Waals surface area (Å²) in [7, 11) is 0. The Hall–Kier alpha value is -1.43. The summed E-state index contributed by atoms with van der Waals surface area (Å²) in [6.45, 7) is 9.09. The van der Waals surface area contributed by atoms with Crippen LogP contribution < -0.4 is 5.32 Å². The molecule has 0 spiro atoms. The number of nitrogens with zero attached hydrogens (tertiary/aromatic N) is 3. The van der Waals surface area contributed by atoms with Crippen LogP contribution in [-0.4, -0.2) is 46.1 Å². The maximum atomic E-state index is 11.9. The first kappa shape index (κ1) is 15.9. The first-order valence-electron chi connectivity index (χ1n) is 7.78. The van der Waals surface area contributed by atoms with Gasteiger partial charge in [0.15, 0.2) is 5.82 Å². The van der Waals surface area contributed by atoms with Crippen LogP contribution in [0.1, 0.15) is 51.2 Å². The van der Waals surface area contributed by atoms with Crippen molar-refractivity contribution in [3.63, 3.8) is 0 Å². The summed E-state index contributed by atoms with van der Waals surface area (Å²) in [6, 6.07) is 0. The summed E-state index contributed by atoms with van der Waals surface area (Å²) in [4.78, 5) is 18.5. The van der Waals surface area contributed by atoms with Gasteiger partial charge in [0, 0.05) is 24.9 Å². The number of carbonyl (C=O) groups is 1. The number of aryl methyl sites for hydroxylation is 2. The smallest absolute Gasteiger partial charge is 0.227 e. The lowest BCUT2D eigenvalue weighted by molar-refractivity contribution is -0.121. The molecule has 2 heterocycles. The predicted octanol–water partition coefficient (Wildman–Crippen LogP) is 1.69. The summed E-state index contributed by atoms with van der Waals surface area (Å²) in [5, 5.41) is 6.74. The van der Waals surface area contributed by atoms with E-state index in [0.29, 0.717) is 31.1 Å². The number of amides is 1. The van der Waals surface area contributed by atoms with Crippen molar-refractivity contribution in [1.29, 1.82) is 0 Å². The fraction of sp³-hybridized carbons (Fsp3) is 0.800. The zero-order chi connectivity index (χ0) is 15.3. The number of hydrogen-bond donors (Lipinski definition) is 1. The summed E-state index contributed by atoms with van der Waals surface area (Å²) >= 11 is 0. The fourth-order valence-corrected chi connectivity index (χ4v) is 2.68. The van der Waals surface area contributed by atoms with E-state index in [0.717, 1.165) is 13.1 Å². The van der Waals surface area contributed by atoms with Gasteiger partial charge in [-0.25, -0.2) is 0 Å². The van der Waals surface area contributed by atoms with E-state index in [-0.39, 0.29) is 11.4 Å². The highest BCUT2D eigenvalue weighted by Crippen LogP contribution is 2.19. The summed E-state index contributed by atoms with van der Waals surface area (Å²) < 4.78 is 5.01. The van der Waals surface area contributed by atoms with Crippen LogP contribution in [0.25, 0.3) is 0 Å². The molecule has 0 bridgehead atoms. The van der Waals surface area contributed by atoms with Gasteiger partial charge in [-0.15, -0.1) is 0 Å². The molecule has 1 aromatic heterocycles. The Bertz CT molecular complexity index is 464. The van der Waals surface area contributed by atoms with Gasteiger partial charge in [-0.3, -0.25) is 9.69 Å². The van der Waals surface area contributed by atoms with Gasteiger partial charge in [0.05, 0.1) is 0 Å². The van der Waals surface area contributed by atoms with Gasteiger partial charge in [0.25, 0.3) is 0 Å². The van der Waals surface area contributed by atoms with Crippen molar-refractivity contribution >= 4 is 5.91 Å². The predicted molar refractivity (Wildman–Crippen MR) is 79.9 cm³/mol. The van der Waals surface area contributed by atoms with Crippen LogP contribution in [0.5, 0.6) is 0 Å². The molecule has 1 N–H and O–H groups in total. The van der Waals surface area contributed by atoms with E-state index in [1.54, 1.807) is 6.92 Å². The van der Waals surface area contributed by atoms with Crippen molar-refractivity contribution < 1.29 is 9.32 Å². The molecule has 1 fully saturated rings. The third-order valence-electron chi connectivity index (χ3n) is 4.07. The second kappa shape index (κ2) is 7.02. The second-order valence-electron chi connectivity index (χ2n) is 6.37. The lowest BCUT2D eigenvalue weighted by Crippen LogP contribution is -2.53. The van der Waals surface area contributed by atoms with Gasteiger partial charge in [-0.2, -0.15) is 4.98 Å². The molecule has 6 nitrogen and oxygen atoms in total. The molecule has 1 aliphatic rings. The minimum atomic E-state index is 0.0111. The Morgan fingerprint density at radius 2 is 2.05 bits per heavy atom. The van der Waals surface area contributed by atoms with Gasteiger partial charge in [-0.1, -0.05) is 11.6 Å². The van der Waals surface area contributed by atoms with Crippen molar-refractivity contribution in [3.8, 4) is 0 Å². The number of likely N-dealkylation sites (tertiary alicyclic amines) is 1. The zero-order valence-electron chi connectivity index (χ0n) is 13.3. The van der Waals surface area contributed by atoms with Crippen molar-refractivity contribution in [3.05, 3.63) is 11.7 Å². The van der Waals surface area contributed by atoms with Crippen LogP contribution >= 0.6 is 0 Å². The fourth-order valence-electron chi connectivity index (χ4n) is 2.68. The normalized spacial score (nSPS) is 16.9. The number of nitrogens with one attached hydrogen (secondary N) is 1. The molecule has 1 aliphatic heterocycles. The van der Waals surface area contributed by atoms with E-state index in [9.17, 15) is 4.79 Å². The second-order valence-corrected chi connectivity index (χ2v) is 6.37. The molecule has 0 radical (unpaired) electrons. The van der Waals surface area contributed by atoms with Crippen molar-refractivity contribution in [2.75, 3.05) is 19.6 Å². The molecule has 0 aromatic carbocycles. The van der Waals surface area contributed by atoms with E-state index in [1.807, 2.05) is 0 Å². The molecule has 0 atom stereocenters. The largest absolute Gasteiger partial charge is 0.354 e. The Balaban J connectivity index is 1.72. The standard InChI is InChI=1S/C15H26N4O2/c1-12-17-14(21-18-12)8-7-13(20)16-11-15(2,3)19-9-5-4-6-10-19/h4-11H2,1-3H3,(H,16,20). The summed E-state index contributed by atoms with van der Waals surface area (Å²) in [6.07, 6.45) is 4.72. The highest BCUT2D eigenvalue weighted by atomic mass is 16.5. The quantitative estimate of drug-likeness (QED) is 0.864. The highest BCUT2D eigenvalue weighted by Gasteiger charge is 2.28. The molecule has 6 heteroatoms. The lowest BCUT2D eigenvalue weighted by atomic mass is 9.98. The van der Waals surface area contributed by atoms with E-state index < -0.39 is 0 Å².